The number of aryl methyl sites for hydroxylation is 1. The number of ether oxygens (including phenoxy) is 1. The van der Waals surface area contributed by atoms with E-state index >= 15 is 0 Å². The van der Waals surface area contributed by atoms with Crippen LogP contribution in [-0.2, 0) is 11.2 Å². The first kappa shape index (κ1) is 18.3. The first-order valence-electron chi connectivity index (χ1n) is 8.78. The first-order valence-corrected chi connectivity index (χ1v) is 8.78. The summed E-state index contributed by atoms with van der Waals surface area (Å²) >= 11 is 0. The number of hydrogen-bond donors (Lipinski definition) is 0. The Morgan fingerprint density at radius 3 is 2.92 bits per heavy atom. The lowest BCUT2D eigenvalue weighted by Crippen LogP contribution is -2.42. The van der Waals surface area contributed by atoms with Crippen molar-refractivity contribution in [3.63, 3.8) is 0 Å². The zero-order valence-electron chi connectivity index (χ0n) is 14.8. The molecule has 1 unspecified atom stereocenters. The van der Waals surface area contributed by atoms with Crippen molar-refractivity contribution < 1.29 is 18.3 Å². The maximum absolute atomic E-state index is 13.8. The van der Waals surface area contributed by atoms with Gasteiger partial charge >= 0.3 is 0 Å². The lowest BCUT2D eigenvalue weighted by Gasteiger charge is -2.32. The molecule has 138 valence electrons. The van der Waals surface area contributed by atoms with Crippen LogP contribution < -0.4 is 4.74 Å². The standard InChI is InChI=1S/C20H22F2N2O2/c1-14-9-18(6-7-23-14)26-13-15-3-2-8-24(12-15)20(25)10-16-4-5-17(21)11-19(16)22/h4-7,9,11,15H,2-3,8,10,12-13H2,1H3. The van der Waals surface area contributed by atoms with Crippen molar-refractivity contribution in [2.75, 3.05) is 19.7 Å². The van der Waals surface area contributed by atoms with Crippen LogP contribution >= 0.6 is 0 Å². The summed E-state index contributed by atoms with van der Waals surface area (Å²) in [6, 6.07) is 7.01. The fraction of sp³-hybridized carbons (Fsp3) is 0.400. The SMILES string of the molecule is Cc1cc(OCC2CCCN(C(=O)Cc3ccc(F)cc3F)C2)ccn1. The summed E-state index contributed by atoms with van der Waals surface area (Å²) in [5.74, 6) is -0.447. The summed E-state index contributed by atoms with van der Waals surface area (Å²) in [4.78, 5) is 18.4. The van der Waals surface area contributed by atoms with Gasteiger partial charge in [0, 0.05) is 43.0 Å². The van der Waals surface area contributed by atoms with E-state index in [-0.39, 0.29) is 23.8 Å². The molecule has 1 fully saturated rings. The third-order valence-electron chi connectivity index (χ3n) is 4.58. The third kappa shape index (κ3) is 4.77. The first-order chi connectivity index (χ1) is 12.5. The summed E-state index contributed by atoms with van der Waals surface area (Å²) < 4.78 is 32.6. The molecule has 2 heterocycles. The Labute approximate surface area is 151 Å². The molecule has 0 saturated carbocycles. The second kappa shape index (κ2) is 8.25. The minimum absolute atomic E-state index is 0.0523. The van der Waals surface area contributed by atoms with Gasteiger partial charge in [-0.1, -0.05) is 6.07 Å². The van der Waals surface area contributed by atoms with Crippen LogP contribution in [0.15, 0.2) is 36.5 Å². The molecule has 0 N–H and O–H groups in total. The highest BCUT2D eigenvalue weighted by Gasteiger charge is 2.24. The van der Waals surface area contributed by atoms with Gasteiger partial charge in [-0.25, -0.2) is 8.78 Å². The minimum atomic E-state index is -0.678. The lowest BCUT2D eigenvalue weighted by atomic mass is 9.98. The molecule has 0 spiro atoms. The van der Waals surface area contributed by atoms with Crippen LogP contribution in [0.2, 0.25) is 0 Å². The molecule has 0 bridgehead atoms. The summed E-state index contributed by atoms with van der Waals surface area (Å²) in [5.41, 5.74) is 1.12. The smallest absolute Gasteiger partial charge is 0.227 e. The van der Waals surface area contributed by atoms with Gasteiger partial charge in [0.05, 0.1) is 13.0 Å². The fourth-order valence-electron chi connectivity index (χ4n) is 3.19. The van der Waals surface area contributed by atoms with Gasteiger partial charge in [0.2, 0.25) is 5.91 Å². The van der Waals surface area contributed by atoms with E-state index in [9.17, 15) is 13.6 Å². The summed E-state index contributed by atoms with van der Waals surface area (Å²) in [6.07, 6.45) is 3.53. The summed E-state index contributed by atoms with van der Waals surface area (Å²) in [6.45, 7) is 3.68. The van der Waals surface area contributed by atoms with Crippen molar-refractivity contribution >= 4 is 5.91 Å². The van der Waals surface area contributed by atoms with Crippen LogP contribution in [0.3, 0.4) is 0 Å². The predicted octanol–water partition coefficient (Wildman–Crippen LogP) is 3.53. The fourth-order valence-corrected chi connectivity index (χ4v) is 3.19. The monoisotopic (exact) mass is 360 g/mol. The maximum atomic E-state index is 13.8. The van der Waals surface area contributed by atoms with Crippen LogP contribution in [0, 0.1) is 24.5 Å². The van der Waals surface area contributed by atoms with Gasteiger partial charge in [-0.2, -0.15) is 0 Å². The van der Waals surface area contributed by atoms with Gasteiger partial charge in [0.25, 0.3) is 0 Å². The van der Waals surface area contributed by atoms with Gasteiger partial charge in [0.1, 0.15) is 17.4 Å². The molecule has 4 nitrogen and oxygen atoms in total. The number of benzene rings is 1. The van der Waals surface area contributed by atoms with Crippen LogP contribution in [0.25, 0.3) is 0 Å². The molecule has 1 aliphatic heterocycles. The van der Waals surface area contributed by atoms with Crippen LogP contribution in [0.1, 0.15) is 24.1 Å². The van der Waals surface area contributed by atoms with Crippen molar-refractivity contribution in [3.05, 3.63) is 59.4 Å². The highest BCUT2D eigenvalue weighted by atomic mass is 19.1. The summed E-state index contributed by atoms with van der Waals surface area (Å²) in [5, 5.41) is 0. The number of nitrogens with zero attached hydrogens (tertiary/aromatic N) is 2. The zero-order chi connectivity index (χ0) is 18.5. The average molecular weight is 360 g/mol. The van der Waals surface area contributed by atoms with Crippen LogP contribution in [0.5, 0.6) is 5.75 Å². The number of hydrogen-bond acceptors (Lipinski definition) is 3. The Bertz CT molecular complexity index is 782. The van der Waals surface area contributed by atoms with E-state index in [2.05, 4.69) is 4.98 Å². The van der Waals surface area contributed by atoms with Crippen LogP contribution in [-0.4, -0.2) is 35.5 Å². The van der Waals surface area contributed by atoms with E-state index < -0.39 is 11.6 Å². The molecule has 2 aromatic rings. The summed E-state index contributed by atoms with van der Waals surface area (Å²) in [7, 11) is 0. The largest absolute Gasteiger partial charge is 0.493 e. The molecular weight excluding hydrogens is 338 g/mol. The number of amides is 1. The van der Waals surface area contributed by atoms with Crippen molar-refractivity contribution in [1.82, 2.24) is 9.88 Å². The number of carbonyl (C=O) groups is 1. The second-order valence-electron chi connectivity index (χ2n) is 6.70. The van der Waals surface area contributed by atoms with E-state index in [1.165, 1.54) is 12.1 Å². The normalized spacial score (nSPS) is 17.2. The van der Waals surface area contributed by atoms with Crippen molar-refractivity contribution in [2.24, 2.45) is 5.92 Å². The Balaban J connectivity index is 1.54. The van der Waals surface area contributed by atoms with Crippen molar-refractivity contribution in [1.29, 1.82) is 0 Å². The predicted molar refractivity (Wildman–Crippen MR) is 93.8 cm³/mol. The topological polar surface area (TPSA) is 42.4 Å². The molecule has 1 amide bonds. The third-order valence-corrected chi connectivity index (χ3v) is 4.58. The molecule has 1 aliphatic rings. The molecule has 1 aromatic carbocycles. The van der Waals surface area contributed by atoms with E-state index in [4.69, 9.17) is 4.74 Å². The molecule has 1 aromatic heterocycles. The Morgan fingerprint density at radius 1 is 1.31 bits per heavy atom. The van der Waals surface area contributed by atoms with Gasteiger partial charge in [-0.3, -0.25) is 9.78 Å². The van der Waals surface area contributed by atoms with Crippen LogP contribution in [0.4, 0.5) is 8.78 Å². The van der Waals surface area contributed by atoms with E-state index in [1.807, 2.05) is 19.1 Å². The van der Waals surface area contributed by atoms with Gasteiger partial charge in [-0.15, -0.1) is 0 Å². The maximum Gasteiger partial charge on any atom is 0.227 e. The Morgan fingerprint density at radius 2 is 2.15 bits per heavy atom. The number of pyridine rings is 1. The molecule has 6 heteroatoms. The number of halogens is 2. The van der Waals surface area contributed by atoms with E-state index in [0.717, 1.165) is 30.4 Å². The molecule has 1 saturated heterocycles. The van der Waals surface area contributed by atoms with Gasteiger partial charge in [-0.05, 0) is 37.5 Å². The number of piperidine rings is 1. The molecular formula is C20H22F2N2O2. The number of carbonyl (C=O) groups excluding carboxylic acids is 1. The lowest BCUT2D eigenvalue weighted by molar-refractivity contribution is -0.132. The Hall–Kier alpha value is -2.50. The number of aromatic nitrogens is 1. The second-order valence-corrected chi connectivity index (χ2v) is 6.70. The molecule has 0 aliphatic carbocycles. The highest BCUT2D eigenvalue weighted by Crippen LogP contribution is 2.20. The molecule has 0 radical (unpaired) electrons. The number of rotatable bonds is 5. The molecule has 26 heavy (non-hydrogen) atoms. The van der Waals surface area contributed by atoms with E-state index in [0.29, 0.717) is 19.7 Å². The van der Waals surface area contributed by atoms with E-state index in [1.54, 1.807) is 11.1 Å². The van der Waals surface area contributed by atoms with Crippen molar-refractivity contribution in [2.45, 2.75) is 26.2 Å². The zero-order valence-corrected chi connectivity index (χ0v) is 14.8. The molecule has 1 atom stereocenters. The number of likely N-dealkylation sites (tertiary alicyclic amines) is 1. The Kier molecular flexibility index (Phi) is 5.81. The van der Waals surface area contributed by atoms with Gasteiger partial charge < -0.3 is 9.64 Å². The quantitative estimate of drug-likeness (QED) is 0.819. The minimum Gasteiger partial charge on any atom is -0.493 e. The van der Waals surface area contributed by atoms with Gasteiger partial charge in [0.15, 0.2) is 0 Å². The highest BCUT2D eigenvalue weighted by molar-refractivity contribution is 5.79. The van der Waals surface area contributed by atoms with Crippen molar-refractivity contribution in [3.8, 4) is 5.75 Å². The average Bonchev–Trinajstić information content (AvgIpc) is 2.62. The molecule has 3 rings (SSSR count).